The number of sulfonamides is 2. The summed E-state index contributed by atoms with van der Waals surface area (Å²) < 4.78 is 68.5. The van der Waals surface area contributed by atoms with Crippen molar-refractivity contribution < 1.29 is 35.8 Å². The van der Waals surface area contributed by atoms with Crippen LogP contribution in [0.4, 0.5) is 5.69 Å². The monoisotopic (exact) mass is 541 g/mol. The van der Waals surface area contributed by atoms with E-state index in [-0.39, 0.29) is 18.0 Å². The van der Waals surface area contributed by atoms with Gasteiger partial charge in [-0.05, 0) is 55.5 Å². The molecule has 3 rings (SSSR count). The van der Waals surface area contributed by atoms with Gasteiger partial charge in [-0.25, -0.2) is 16.8 Å². The van der Waals surface area contributed by atoms with Crippen LogP contribution < -0.4 is 19.1 Å². The molecule has 11 nitrogen and oxygen atoms in total. The number of nitrogens with one attached hydrogen (secondary N) is 1. The standard InChI is InChI=1S/C23H31N3O8S2/c1-18(26(35(3,28)29)19-4-6-20(32-2)7-5-19)23(27)24-12-15-34-21-8-10-22(11-9-21)36(30,31)25-13-16-33-17-14-25/h4-11,18H,12-17H2,1-3H3,(H,24,27)/t18-/m0/s1. The summed E-state index contributed by atoms with van der Waals surface area (Å²) in [4.78, 5) is 12.8. The van der Waals surface area contributed by atoms with E-state index in [0.717, 1.165) is 10.6 Å². The third kappa shape index (κ3) is 6.87. The van der Waals surface area contributed by atoms with Crippen molar-refractivity contribution >= 4 is 31.6 Å². The third-order valence-electron chi connectivity index (χ3n) is 5.52. The molecule has 2 aromatic rings. The summed E-state index contributed by atoms with van der Waals surface area (Å²) in [7, 11) is -5.83. The van der Waals surface area contributed by atoms with Crippen LogP contribution in [-0.4, -0.2) is 85.9 Å². The van der Waals surface area contributed by atoms with E-state index in [1.54, 1.807) is 36.4 Å². The lowest BCUT2D eigenvalue weighted by atomic mass is 10.2. The number of amides is 1. The van der Waals surface area contributed by atoms with Gasteiger partial charge in [0, 0.05) is 13.1 Å². The fourth-order valence-electron chi connectivity index (χ4n) is 3.67. The zero-order valence-corrected chi connectivity index (χ0v) is 22.0. The molecule has 1 aliphatic rings. The average molecular weight is 542 g/mol. The Bertz CT molecular complexity index is 1230. The highest BCUT2D eigenvalue weighted by molar-refractivity contribution is 7.92. The number of nitrogens with zero attached hydrogens (tertiary/aromatic N) is 2. The molecule has 1 aliphatic heterocycles. The summed E-state index contributed by atoms with van der Waals surface area (Å²) in [5, 5.41) is 2.67. The quantitative estimate of drug-likeness (QED) is 0.418. The molecule has 1 atom stereocenters. The van der Waals surface area contributed by atoms with Gasteiger partial charge >= 0.3 is 0 Å². The highest BCUT2D eigenvalue weighted by Gasteiger charge is 2.29. The molecule has 1 saturated heterocycles. The highest BCUT2D eigenvalue weighted by Crippen LogP contribution is 2.24. The van der Waals surface area contributed by atoms with Gasteiger partial charge in [0.25, 0.3) is 0 Å². The first-order valence-electron chi connectivity index (χ1n) is 11.3. The predicted octanol–water partition coefficient (Wildman–Crippen LogP) is 1.07. The largest absolute Gasteiger partial charge is 0.497 e. The van der Waals surface area contributed by atoms with Gasteiger partial charge in [0.15, 0.2) is 0 Å². The van der Waals surface area contributed by atoms with Crippen LogP contribution in [0.25, 0.3) is 0 Å². The maximum absolute atomic E-state index is 12.7. The predicted molar refractivity (Wildman–Crippen MR) is 134 cm³/mol. The topological polar surface area (TPSA) is 132 Å². The SMILES string of the molecule is COc1ccc(N([C@@H](C)C(=O)NCCOc2ccc(S(=O)(=O)N3CCOCC3)cc2)S(C)(=O)=O)cc1. The average Bonchev–Trinajstić information content (AvgIpc) is 2.87. The lowest BCUT2D eigenvalue weighted by molar-refractivity contribution is -0.121. The van der Waals surface area contributed by atoms with E-state index in [2.05, 4.69) is 5.32 Å². The molecule has 1 heterocycles. The Balaban J connectivity index is 1.53. The first-order valence-corrected chi connectivity index (χ1v) is 14.5. The molecular formula is C23H31N3O8S2. The van der Waals surface area contributed by atoms with Crippen LogP contribution in [0.5, 0.6) is 11.5 Å². The maximum atomic E-state index is 12.7. The minimum Gasteiger partial charge on any atom is -0.497 e. The van der Waals surface area contributed by atoms with E-state index in [1.807, 2.05) is 0 Å². The van der Waals surface area contributed by atoms with Crippen molar-refractivity contribution in [2.24, 2.45) is 0 Å². The van der Waals surface area contributed by atoms with Crippen LogP contribution >= 0.6 is 0 Å². The smallest absolute Gasteiger partial charge is 0.243 e. The lowest BCUT2D eigenvalue weighted by Gasteiger charge is -2.28. The molecule has 1 amide bonds. The van der Waals surface area contributed by atoms with Gasteiger partial charge < -0.3 is 19.5 Å². The van der Waals surface area contributed by atoms with E-state index >= 15 is 0 Å². The van der Waals surface area contributed by atoms with Crippen LogP contribution in [0.15, 0.2) is 53.4 Å². The van der Waals surface area contributed by atoms with Crippen LogP contribution in [-0.2, 0) is 29.6 Å². The summed E-state index contributed by atoms with van der Waals surface area (Å²) >= 11 is 0. The Kier molecular flexibility index (Phi) is 9.17. The number of anilines is 1. The van der Waals surface area contributed by atoms with Crippen molar-refractivity contribution in [3.63, 3.8) is 0 Å². The molecular weight excluding hydrogens is 510 g/mol. The second-order valence-electron chi connectivity index (χ2n) is 8.06. The molecule has 0 aliphatic carbocycles. The number of hydrogen-bond donors (Lipinski definition) is 1. The second-order valence-corrected chi connectivity index (χ2v) is 11.9. The fraction of sp³-hybridized carbons (Fsp3) is 0.435. The molecule has 2 aromatic carbocycles. The van der Waals surface area contributed by atoms with Crippen molar-refractivity contribution in [1.82, 2.24) is 9.62 Å². The van der Waals surface area contributed by atoms with E-state index in [0.29, 0.717) is 43.5 Å². The number of ether oxygens (including phenoxy) is 3. The van der Waals surface area contributed by atoms with Crippen molar-refractivity contribution in [1.29, 1.82) is 0 Å². The first kappa shape index (κ1) is 27.7. The molecule has 0 saturated carbocycles. The summed E-state index contributed by atoms with van der Waals surface area (Å²) in [5.74, 6) is 0.509. The van der Waals surface area contributed by atoms with Crippen molar-refractivity contribution in [3.8, 4) is 11.5 Å². The molecule has 198 valence electrons. The van der Waals surface area contributed by atoms with Gasteiger partial charge in [0.05, 0.1) is 43.7 Å². The molecule has 1 N–H and O–H groups in total. The molecule has 36 heavy (non-hydrogen) atoms. The number of methoxy groups -OCH3 is 1. The Hall–Kier alpha value is -2.87. The highest BCUT2D eigenvalue weighted by atomic mass is 32.2. The van der Waals surface area contributed by atoms with Crippen molar-refractivity contribution in [3.05, 3.63) is 48.5 Å². The zero-order chi connectivity index (χ0) is 26.3. The number of morpholine rings is 1. The zero-order valence-electron chi connectivity index (χ0n) is 20.4. The van der Waals surface area contributed by atoms with E-state index in [9.17, 15) is 21.6 Å². The summed E-state index contributed by atoms with van der Waals surface area (Å²) in [6, 6.07) is 11.4. The summed E-state index contributed by atoms with van der Waals surface area (Å²) in [6.45, 7) is 3.09. The second kappa shape index (κ2) is 11.9. The number of rotatable bonds is 11. The van der Waals surface area contributed by atoms with Gasteiger partial charge in [-0.1, -0.05) is 0 Å². The Morgan fingerprint density at radius 2 is 1.61 bits per heavy atom. The van der Waals surface area contributed by atoms with Gasteiger partial charge in [0.1, 0.15) is 24.1 Å². The third-order valence-corrected chi connectivity index (χ3v) is 8.67. The maximum Gasteiger partial charge on any atom is 0.243 e. The Morgan fingerprint density at radius 1 is 1.03 bits per heavy atom. The van der Waals surface area contributed by atoms with Crippen LogP contribution in [0.3, 0.4) is 0 Å². The minimum absolute atomic E-state index is 0.107. The molecule has 1 fully saturated rings. The van der Waals surface area contributed by atoms with Gasteiger partial charge in [-0.15, -0.1) is 0 Å². The number of benzene rings is 2. The summed E-state index contributed by atoms with van der Waals surface area (Å²) in [5.41, 5.74) is 0.337. The van der Waals surface area contributed by atoms with Gasteiger partial charge in [0.2, 0.25) is 26.0 Å². The molecule has 0 radical (unpaired) electrons. The van der Waals surface area contributed by atoms with Crippen LogP contribution in [0.1, 0.15) is 6.92 Å². The lowest BCUT2D eigenvalue weighted by Crippen LogP contribution is -2.48. The fourth-order valence-corrected chi connectivity index (χ4v) is 6.26. The Morgan fingerprint density at radius 3 is 2.17 bits per heavy atom. The van der Waals surface area contributed by atoms with Gasteiger partial charge in [-0.2, -0.15) is 4.31 Å². The minimum atomic E-state index is -3.74. The van der Waals surface area contributed by atoms with Crippen molar-refractivity contribution in [2.45, 2.75) is 17.9 Å². The normalized spacial score (nSPS) is 15.6. The Labute approximate surface area is 212 Å². The van der Waals surface area contributed by atoms with Crippen LogP contribution in [0, 0.1) is 0 Å². The van der Waals surface area contributed by atoms with Crippen LogP contribution in [0.2, 0.25) is 0 Å². The number of carbonyl (C=O) groups excluding carboxylic acids is 1. The first-order chi connectivity index (χ1) is 17.0. The summed E-state index contributed by atoms with van der Waals surface area (Å²) in [6.07, 6.45) is 1.03. The van der Waals surface area contributed by atoms with E-state index in [1.165, 1.54) is 30.5 Å². The number of carbonyl (C=O) groups is 1. The molecule has 0 aromatic heterocycles. The van der Waals surface area contributed by atoms with Crippen molar-refractivity contribution in [2.75, 3.05) is 57.1 Å². The number of hydrogen-bond acceptors (Lipinski definition) is 8. The molecule has 0 unspecified atom stereocenters. The molecule has 0 spiro atoms. The molecule has 0 bridgehead atoms. The van der Waals surface area contributed by atoms with Gasteiger partial charge in [-0.3, -0.25) is 9.10 Å². The van der Waals surface area contributed by atoms with E-state index < -0.39 is 32.0 Å². The van der Waals surface area contributed by atoms with E-state index in [4.69, 9.17) is 14.2 Å². The molecule has 13 heteroatoms.